The molecule has 0 N–H and O–H groups in total. The summed E-state index contributed by atoms with van der Waals surface area (Å²) in [5.74, 6) is 0.550. The fraction of sp³-hybridized carbons (Fsp3) is 0.429. The van der Waals surface area contributed by atoms with Gasteiger partial charge < -0.3 is 9.64 Å². The number of carbonyl (C=O) groups excluding carboxylic acids is 1. The van der Waals surface area contributed by atoms with E-state index in [2.05, 4.69) is 14.6 Å². The lowest BCUT2D eigenvalue weighted by Gasteiger charge is -2.36. The first kappa shape index (κ1) is 18.8. The third-order valence-electron chi connectivity index (χ3n) is 5.56. The van der Waals surface area contributed by atoms with Crippen molar-refractivity contribution >= 4 is 5.91 Å². The van der Waals surface area contributed by atoms with Crippen LogP contribution in [-0.4, -0.2) is 53.0 Å². The Hall–Kier alpha value is -2.54. The van der Waals surface area contributed by atoms with Gasteiger partial charge in [0.15, 0.2) is 0 Å². The van der Waals surface area contributed by atoms with Crippen LogP contribution in [0.25, 0.3) is 0 Å². The normalized spacial score (nSPS) is 22.3. The maximum atomic E-state index is 12.9. The molecule has 0 unspecified atom stereocenters. The summed E-state index contributed by atoms with van der Waals surface area (Å²) in [5, 5.41) is 0. The Morgan fingerprint density at radius 3 is 2.71 bits per heavy atom. The van der Waals surface area contributed by atoms with Crippen LogP contribution in [-0.2, 0) is 6.54 Å². The van der Waals surface area contributed by atoms with E-state index in [0.717, 1.165) is 24.9 Å². The Labute approximate surface area is 162 Å². The number of fused-ring (bicyclic) bond motifs is 4. The molecule has 5 rings (SSSR count). The average molecular weight is 387 g/mol. The third kappa shape index (κ3) is 4.14. The number of aromatic nitrogens is 1. The average Bonchev–Trinajstić information content (AvgIpc) is 3.01. The number of benzene rings is 1. The van der Waals surface area contributed by atoms with E-state index in [1.54, 1.807) is 30.5 Å². The molecule has 1 aromatic heterocycles. The molecule has 1 aromatic carbocycles. The van der Waals surface area contributed by atoms with E-state index < -0.39 is 6.61 Å². The molecule has 0 radical (unpaired) electrons. The van der Waals surface area contributed by atoms with Crippen molar-refractivity contribution in [1.29, 1.82) is 0 Å². The summed E-state index contributed by atoms with van der Waals surface area (Å²) in [4.78, 5) is 21.2. The Bertz CT molecular complexity index is 818. The maximum absolute atomic E-state index is 12.9. The molecule has 2 atom stereocenters. The molecule has 3 fully saturated rings. The van der Waals surface area contributed by atoms with Gasteiger partial charge in [-0.1, -0.05) is 24.3 Å². The fourth-order valence-electron chi connectivity index (χ4n) is 4.25. The van der Waals surface area contributed by atoms with Crippen molar-refractivity contribution in [1.82, 2.24) is 14.8 Å². The van der Waals surface area contributed by atoms with Gasteiger partial charge in [-0.05, 0) is 37.0 Å². The first-order valence-electron chi connectivity index (χ1n) is 9.57. The van der Waals surface area contributed by atoms with E-state index in [0.29, 0.717) is 31.2 Å². The second-order valence-electron chi connectivity index (χ2n) is 7.44. The molecule has 0 spiro atoms. The first-order valence-corrected chi connectivity index (χ1v) is 9.57. The van der Waals surface area contributed by atoms with Crippen molar-refractivity contribution in [2.75, 3.05) is 19.6 Å². The number of ether oxygens (including phenoxy) is 1. The number of rotatable bonds is 5. The first-order chi connectivity index (χ1) is 13.6. The summed E-state index contributed by atoms with van der Waals surface area (Å²) >= 11 is 0. The number of amides is 1. The minimum absolute atomic E-state index is 0.0409. The van der Waals surface area contributed by atoms with Gasteiger partial charge in [0.2, 0.25) is 0 Å². The lowest BCUT2D eigenvalue weighted by Crippen LogP contribution is -2.44. The van der Waals surface area contributed by atoms with Crippen molar-refractivity contribution in [3.63, 3.8) is 0 Å². The minimum Gasteiger partial charge on any atom is -0.434 e. The quantitative estimate of drug-likeness (QED) is 0.789. The molecule has 7 heteroatoms. The van der Waals surface area contributed by atoms with Crippen molar-refractivity contribution in [2.45, 2.75) is 32.0 Å². The smallest absolute Gasteiger partial charge is 0.387 e. The van der Waals surface area contributed by atoms with Gasteiger partial charge >= 0.3 is 6.61 Å². The molecule has 3 aliphatic heterocycles. The highest BCUT2D eigenvalue weighted by Gasteiger charge is 2.37. The summed E-state index contributed by atoms with van der Waals surface area (Å²) < 4.78 is 30.1. The van der Waals surface area contributed by atoms with Crippen LogP contribution in [0.5, 0.6) is 5.75 Å². The molecular formula is C21H23F2N3O2. The van der Waals surface area contributed by atoms with Gasteiger partial charge in [0.25, 0.3) is 5.91 Å². The maximum Gasteiger partial charge on any atom is 0.387 e. The van der Waals surface area contributed by atoms with Crippen LogP contribution in [0.3, 0.4) is 0 Å². The lowest BCUT2D eigenvalue weighted by molar-refractivity contribution is -0.0510. The van der Waals surface area contributed by atoms with Crippen LogP contribution in [0.1, 0.15) is 28.9 Å². The number of nitrogens with zero attached hydrogens (tertiary/aromatic N) is 3. The number of halogens is 2. The van der Waals surface area contributed by atoms with Gasteiger partial charge in [0.1, 0.15) is 11.4 Å². The van der Waals surface area contributed by atoms with E-state index in [9.17, 15) is 13.6 Å². The molecule has 0 saturated carbocycles. The molecule has 3 aliphatic rings. The molecule has 2 bridgehead atoms. The van der Waals surface area contributed by atoms with E-state index in [1.807, 2.05) is 23.1 Å². The summed E-state index contributed by atoms with van der Waals surface area (Å²) in [5.41, 5.74) is 1.21. The van der Waals surface area contributed by atoms with Gasteiger partial charge in [-0.15, -0.1) is 0 Å². The number of para-hydroxylation sites is 1. The molecule has 28 heavy (non-hydrogen) atoms. The lowest BCUT2D eigenvalue weighted by atomic mass is 9.94. The Morgan fingerprint density at radius 1 is 1.11 bits per heavy atom. The Kier molecular flexibility index (Phi) is 5.52. The van der Waals surface area contributed by atoms with Crippen molar-refractivity contribution in [3.8, 4) is 5.75 Å². The second-order valence-corrected chi connectivity index (χ2v) is 7.44. The predicted molar refractivity (Wildman–Crippen MR) is 100 cm³/mol. The van der Waals surface area contributed by atoms with Crippen molar-refractivity contribution in [3.05, 3.63) is 59.9 Å². The van der Waals surface area contributed by atoms with Gasteiger partial charge in [-0.2, -0.15) is 8.78 Å². The molecule has 3 saturated heterocycles. The Morgan fingerprint density at radius 2 is 1.93 bits per heavy atom. The van der Waals surface area contributed by atoms with Gasteiger partial charge in [-0.25, -0.2) is 0 Å². The molecule has 2 aromatic rings. The zero-order valence-corrected chi connectivity index (χ0v) is 15.5. The highest BCUT2D eigenvalue weighted by molar-refractivity contribution is 5.92. The van der Waals surface area contributed by atoms with Gasteiger partial charge in [0.05, 0.1) is 0 Å². The summed E-state index contributed by atoms with van der Waals surface area (Å²) in [6.07, 6.45) is 3.70. The van der Waals surface area contributed by atoms with Crippen LogP contribution in [0.4, 0.5) is 8.78 Å². The van der Waals surface area contributed by atoms with E-state index in [-0.39, 0.29) is 17.7 Å². The number of hydrogen-bond donors (Lipinski definition) is 0. The zero-order chi connectivity index (χ0) is 19.5. The minimum atomic E-state index is -2.84. The number of pyridine rings is 1. The standard InChI is InChI=1S/C21H23F2N3O2/c22-21(23)28-19-7-2-1-5-16(19)13-25-11-15-8-9-17(25)14-26(12-15)20(27)18-6-3-4-10-24-18/h1-7,10,15,17,21H,8-9,11-14H2/t15-,17-/m1/s1. The molecular weight excluding hydrogens is 364 g/mol. The summed E-state index contributed by atoms with van der Waals surface area (Å²) in [6, 6.07) is 12.5. The Balaban J connectivity index is 1.49. The largest absolute Gasteiger partial charge is 0.434 e. The number of hydrogen-bond acceptors (Lipinski definition) is 4. The molecule has 5 nitrogen and oxygen atoms in total. The molecule has 0 aliphatic carbocycles. The summed E-state index contributed by atoms with van der Waals surface area (Å²) in [7, 11) is 0. The molecule has 1 amide bonds. The third-order valence-corrected chi connectivity index (χ3v) is 5.56. The highest BCUT2D eigenvalue weighted by Crippen LogP contribution is 2.31. The molecule has 4 heterocycles. The van der Waals surface area contributed by atoms with Crippen LogP contribution >= 0.6 is 0 Å². The van der Waals surface area contributed by atoms with Gasteiger partial charge in [-0.3, -0.25) is 14.7 Å². The zero-order valence-electron chi connectivity index (χ0n) is 15.5. The van der Waals surface area contributed by atoms with Crippen LogP contribution < -0.4 is 4.74 Å². The van der Waals surface area contributed by atoms with Crippen molar-refractivity contribution in [2.24, 2.45) is 5.92 Å². The number of alkyl halides is 2. The van der Waals surface area contributed by atoms with Gasteiger partial charge in [0, 0.05) is 44.0 Å². The topological polar surface area (TPSA) is 45.7 Å². The number of piperidine rings is 1. The second kappa shape index (κ2) is 8.22. The SMILES string of the molecule is O=C(c1ccccn1)N1C[C@@H]2CC[C@H](C1)N(Cc1ccccc1OC(F)F)C2. The van der Waals surface area contributed by atoms with Crippen molar-refractivity contribution < 1.29 is 18.3 Å². The monoisotopic (exact) mass is 387 g/mol. The van der Waals surface area contributed by atoms with Crippen LogP contribution in [0.15, 0.2) is 48.7 Å². The van der Waals surface area contributed by atoms with Crippen LogP contribution in [0.2, 0.25) is 0 Å². The van der Waals surface area contributed by atoms with E-state index in [4.69, 9.17) is 0 Å². The fourth-order valence-corrected chi connectivity index (χ4v) is 4.25. The van der Waals surface area contributed by atoms with Crippen LogP contribution in [0, 0.1) is 5.92 Å². The number of carbonyl (C=O) groups is 1. The highest BCUT2D eigenvalue weighted by atomic mass is 19.3. The van der Waals surface area contributed by atoms with E-state index >= 15 is 0 Å². The molecule has 148 valence electrons. The van der Waals surface area contributed by atoms with E-state index in [1.165, 1.54) is 0 Å². The predicted octanol–water partition coefficient (Wildman–Crippen LogP) is 3.42. The summed E-state index contributed by atoms with van der Waals surface area (Å²) in [6.45, 7) is -0.121.